The molecule has 0 spiro atoms. The standard InChI is InChI=1S/C14H14N4/c1-8(2)13-17-12(15)10-7-9-5-3-4-6-11(9)16-14(10)18-13/h3-8H,1-2H3,(H2,15,16,17,18). The van der Waals surface area contributed by atoms with Crippen LogP contribution in [0.3, 0.4) is 0 Å². The molecular weight excluding hydrogens is 224 g/mol. The Morgan fingerprint density at radius 2 is 1.83 bits per heavy atom. The van der Waals surface area contributed by atoms with E-state index in [0.717, 1.165) is 22.1 Å². The van der Waals surface area contributed by atoms with E-state index in [2.05, 4.69) is 15.0 Å². The highest BCUT2D eigenvalue weighted by molar-refractivity contribution is 5.95. The van der Waals surface area contributed by atoms with E-state index in [4.69, 9.17) is 5.73 Å². The number of nitrogens with two attached hydrogens (primary N) is 1. The topological polar surface area (TPSA) is 64.7 Å². The Bertz CT molecular complexity index is 734. The molecule has 3 rings (SSSR count). The van der Waals surface area contributed by atoms with Crippen molar-refractivity contribution in [3.8, 4) is 0 Å². The molecule has 4 heteroatoms. The molecule has 3 aromatic rings. The van der Waals surface area contributed by atoms with Crippen LogP contribution in [0.5, 0.6) is 0 Å². The summed E-state index contributed by atoms with van der Waals surface area (Å²) in [5.74, 6) is 1.48. The summed E-state index contributed by atoms with van der Waals surface area (Å²) in [4.78, 5) is 13.4. The van der Waals surface area contributed by atoms with Crippen LogP contribution in [0.15, 0.2) is 30.3 Å². The summed E-state index contributed by atoms with van der Waals surface area (Å²) in [6.07, 6.45) is 0. The van der Waals surface area contributed by atoms with Crippen LogP contribution >= 0.6 is 0 Å². The van der Waals surface area contributed by atoms with E-state index in [1.807, 2.05) is 44.2 Å². The van der Waals surface area contributed by atoms with Gasteiger partial charge < -0.3 is 5.73 Å². The summed E-state index contributed by atoms with van der Waals surface area (Å²) in [6, 6.07) is 9.93. The number of nitrogen functional groups attached to an aromatic ring is 1. The van der Waals surface area contributed by atoms with Crippen LogP contribution in [0.25, 0.3) is 21.9 Å². The van der Waals surface area contributed by atoms with Gasteiger partial charge in [-0.3, -0.25) is 0 Å². The van der Waals surface area contributed by atoms with Gasteiger partial charge in [-0.05, 0) is 12.1 Å². The minimum atomic E-state index is 0.241. The molecule has 18 heavy (non-hydrogen) atoms. The third-order valence-electron chi connectivity index (χ3n) is 2.95. The fraction of sp³-hybridized carbons (Fsp3) is 0.214. The molecule has 0 bridgehead atoms. The van der Waals surface area contributed by atoms with Crippen LogP contribution in [-0.2, 0) is 0 Å². The molecule has 0 unspecified atom stereocenters. The quantitative estimate of drug-likeness (QED) is 0.662. The SMILES string of the molecule is CC(C)c1nc(N)c2cc3ccccc3nc2n1. The average Bonchev–Trinajstić information content (AvgIpc) is 2.36. The van der Waals surface area contributed by atoms with Crippen LogP contribution in [0.4, 0.5) is 5.82 Å². The highest BCUT2D eigenvalue weighted by Crippen LogP contribution is 2.23. The normalized spacial score (nSPS) is 11.5. The lowest BCUT2D eigenvalue weighted by molar-refractivity contribution is 0.783. The monoisotopic (exact) mass is 238 g/mol. The molecule has 0 aliphatic heterocycles. The van der Waals surface area contributed by atoms with Gasteiger partial charge in [0.2, 0.25) is 0 Å². The molecule has 1 aromatic carbocycles. The Kier molecular flexibility index (Phi) is 2.37. The highest BCUT2D eigenvalue weighted by Gasteiger charge is 2.10. The number of nitrogens with zero attached hydrogens (tertiary/aromatic N) is 3. The largest absolute Gasteiger partial charge is 0.383 e. The van der Waals surface area contributed by atoms with E-state index >= 15 is 0 Å². The molecule has 0 atom stereocenters. The van der Waals surface area contributed by atoms with Gasteiger partial charge in [0.05, 0.1) is 10.9 Å². The maximum Gasteiger partial charge on any atom is 0.165 e. The zero-order valence-corrected chi connectivity index (χ0v) is 10.4. The molecule has 0 amide bonds. The zero-order chi connectivity index (χ0) is 12.7. The molecule has 0 saturated heterocycles. The summed E-state index contributed by atoms with van der Waals surface area (Å²) in [7, 11) is 0. The van der Waals surface area contributed by atoms with Gasteiger partial charge in [-0.2, -0.15) is 0 Å². The number of anilines is 1. The van der Waals surface area contributed by atoms with Crippen molar-refractivity contribution in [3.05, 3.63) is 36.2 Å². The number of benzene rings is 1. The van der Waals surface area contributed by atoms with Gasteiger partial charge in [0.15, 0.2) is 5.65 Å². The van der Waals surface area contributed by atoms with Gasteiger partial charge in [0.25, 0.3) is 0 Å². The van der Waals surface area contributed by atoms with Gasteiger partial charge in [-0.15, -0.1) is 0 Å². The molecule has 2 aromatic heterocycles. The summed E-state index contributed by atoms with van der Waals surface area (Å²) >= 11 is 0. The van der Waals surface area contributed by atoms with Crippen molar-refractivity contribution in [1.82, 2.24) is 15.0 Å². The van der Waals surface area contributed by atoms with Crippen LogP contribution in [0, 0.1) is 0 Å². The fourth-order valence-electron chi connectivity index (χ4n) is 1.95. The molecule has 2 N–H and O–H groups in total. The molecule has 0 radical (unpaired) electrons. The Hall–Kier alpha value is -2.23. The second-order valence-electron chi connectivity index (χ2n) is 4.67. The van der Waals surface area contributed by atoms with Crippen LogP contribution in [0.2, 0.25) is 0 Å². The van der Waals surface area contributed by atoms with Gasteiger partial charge in [0, 0.05) is 11.3 Å². The van der Waals surface area contributed by atoms with Gasteiger partial charge >= 0.3 is 0 Å². The summed E-state index contributed by atoms with van der Waals surface area (Å²) in [5.41, 5.74) is 7.59. The van der Waals surface area contributed by atoms with Crippen molar-refractivity contribution in [3.63, 3.8) is 0 Å². The number of para-hydroxylation sites is 1. The third kappa shape index (κ3) is 1.66. The first-order chi connectivity index (χ1) is 8.65. The second kappa shape index (κ2) is 3.91. The number of pyridine rings is 1. The molecule has 90 valence electrons. The molecule has 0 saturated carbocycles. The number of rotatable bonds is 1. The lowest BCUT2D eigenvalue weighted by Crippen LogP contribution is -2.03. The van der Waals surface area contributed by atoms with Gasteiger partial charge in [-0.1, -0.05) is 32.0 Å². The van der Waals surface area contributed by atoms with Crippen LogP contribution < -0.4 is 5.73 Å². The molecular formula is C14H14N4. The van der Waals surface area contributed by atoms with Crippen molar-refractivity contribution in [2.45, 2.75) is 19.8 Å². The van der Waals surface area contributed by atoms with E-state index in [9.17, 15) is 0 Å². The number of fused-ring (bicyclic) bond motifs is 2. The number of hydrogen-bond donors (Lipinski definition) is 1. The molecule has 0 aliphatic rings. The lowest BCUT2D eigenvalue weighted by Gasteiger charge is -2.08. The number of hydrogen-bond acceptors (Lipinski definition) is 4. The lowest BCUT2D eigenvalue weighted by atomic mass is 10.1. The summed E-state index contributed by atoms with van der Waals surface area (Å²) in [5, 5.41) is 1.87. The van der Waals surface area contributed by atoms with E-state index in [1.54, 1.807) is 0 Å². The van der Waals surface area contributed by atoms with E-state index in [0.29, 0.717) is 11.5 Å². The van der Waals surface area contributed by atoms with Crippen molar-refractivity contribution < 1.29 is 0 Å². The van der Waals surface area contributed by atoms with Crippen molar-refractivity contribution >= 4 is 27.8 Å². The fourth-order valence-corrected chi connectivity index (χ4v) is 1.95. The smallest absolute Gasteiger partial charge is 0.165 e. The molecule has 0 fully saturated rings. The maximum atomic E-state index is 5.99. The Morgan fingerprint density at radius 1 is 1.06 bits per heavy atom. The second-order valence-corrected chi connectivity index (χ2v) is 4.67. The number of aromatic nitrogens is 3. The first-order valence-electron chi connectivity index (χ1n) is 5.98. The van der Waals surface area contributed by atoms with Crippen molar-refractivity contribution in [1.29, 1.82) is 0 Å². The van der Waals surface area contributed by atoms with Crippen molar-refractivity contribution in [2.24, 2.45) is 0 Å². The first kappa shape index (κ1) is 10.9. The van der Waals surface area contributed by atoms with E-state index < -0.39 is 0 Å². The molecule has 4 nitrogen and oxygen atoms in total. The van der Waals surface area contributed by atoms with Gasteiger partial charge in [0.1, 0.15) is 11.6 Å². The van der Waals surface area contributed by atoms with Crippen molar-refractivity contribution in [2.75, 3.05) is 5.73 Å². The Balaban J connectivity index is 2.39. The summed E-state index contributed by atoms with van der Waals surface area (Å²) in [6.45, 7) is 4.09. The summed E-state index contributed by atoms with van der Waals surface area (Å²) < 4.78 is 0. The maximum absolute atomic E-state index is 5.99. The highest BCUT2D eigenvalue weighted by atomic mass is 15.0. The third-order valence-corrected chi connectivity index (χ3v) is 2.95. The average molecular weight is 238 g/mol. The first-order valence-corrected chi connectivity index (χ1v) is 5.98. The molecule has 0 aliphatic carbocycles. The Morgan fingerprint density at radius 3 is 2.61 bits per heavy atom. The minimum Gasteiger partial charge on any atom is -0.383 e. The van der Waals surface area contributed by atoms with E-state index in [-0.39, 0.29) is 5.92 Å². The predicted molar refractivity (Wildman–Crippen MR) is 73.3 cm³/mol. The minimum absolute atomic E-state index is 0.241. The van der Waals surface area contributed by atoms with Gasteiger partial charge in [-0.25, -0.2) is 15.0 Å². The molecule has 2 heterocycles. The predicted octanol–water partition coefficient (Wildman–Crippen LogP) is 2.88. The van der Waals surface area contributed by atoms with Crippen LogP contribution in [-0.4, -0.2) is 15.0 Å². The Labute approximate surface area is 105 Å². The van der Waals surface area contributed by atoms with E-state index in [1.165, 1.54) is 0 Å². The van der Waals surface area contributed by atoms with Crippen LogP contribution in [0.1, 0.15) is 25.6 Å². The zero-order valence-electron chi connectivity index (χ0n) is 10.4.